The lowest BCUT2D eigenvalue weighted by Crippen LogP contribution is -2.54. The van der Waals surface area contributed by atoms with Gasteiger partial charge in [-0.05, 0) is 52.5 Å². The molecule has 0 aliphatic heterocycles. The number of carbonyl (C=O) groups excluding carboxylic acids is 4. The normalized spacial score (nSPS) is 13.6. The second kappa shape index (κ2) is 17.5. The number of benzene rings is 1. The van der Waals surface area contributed by atoms with Gasteiger partial charge in [0.2, 0.25) is 17.7 Å². The zero-order valence-electron chi connectivity index (χ0n) is 24.8. The Morgan fingerprint density at radius 1 is 0.923 bits per heavy atom. The van der Waals surface area contributed by atoms with Crippen LogP contribution in [0.1, 0.15) is 111 Å². The highest BCUT2D eigenvalue weighted by atomic mass is 16.6. The second-order valence-electron chi connectivity index (χ2n) is 11.2. The first-order chi connectivity index (χ1) is 18.4. The topological polar surface area (TPSA) is 131 Å². The number of unbranched alkanes of at least 4 members (excludes halogenated alkanes) is 4. The van der Waals surface area contributed by atoms with E-state index in [0.717, 1.165) is 38.5 Å². The molecular weight excluding hydrogens is 496 g/mol. The van der Waals surface area contributed by atoms with Crippen molar-refractivity contribution in [2.24, 2.45) is 5.73 Å². The first-order valence-corrected chi connectivity index (χ1v) is 14.3. The molecule has 0 aliphatic rings. The molecule has 0 saturated heterocycles. The quantitative estimate of drug-likeness (QED) is 0.237. The number of primary amides is 1. The van der Waals surface area contributed by atoms with Gasteiger partial charge in [0.1, 0.15) is 17.7 Å². The molecule has 9 heteroatoms. The highest BCUT2D eigenvalue weighted by Gasteiger charge is 2.36. The number of amides is 4. The Morgan fingerprint density at radius 2 is 1.56 bits per heavy atom. The summed E-state index contributed by atoms with van der Waals surface area (Å²) >= 11 is 0. The highest BCUT2D eigenvalue weighted by molar-refractivity contribution is 5.92. The van der Waals surface area contributed by atoms with Gasteiger partial charge >= 0.3 is 6.09 Å². The molecule has 0 aromatic heterocycles. The second-order valence-corrected chi connectivity index (χ2v) is 11.2. The largest absolute Gasteiger partial charge is 0.444 e. The summed E-state index contributed by atoms with van der Waals surface area (Å²) in [5.74, 6) is -1.32. The summed E-state index contributed by atoms with van der Waals surface area (Å²) in [6.07, 6.45) is 5.63. The van der Waals surface area contributed by atoms with Gasteiger partial charge in [0.15, 0.2) is 0 Å². The molecule has 0 spiro atoms. The maximum absolute atomic E-state index is 14.1. The first-order valence-electron chi connectivity index (χ1n) is 14.3. The lowest BCUT2D eigenvalue weighted by molar-refractivity contribution is -0.143. The number of carbonyl (C=O) groups is 4. The zero-order valence-corrected chi connectivity index (χ0v) is 24.8. The van der Waals surface area contributed by atoms with Crippen molar-refractivity contribution >= 4 is 23.8 Å². The molecule has 1 aromatic rings. The third-order valence-corrected chi connectivity index (χ3v) is 6.24. The molecule has 3 atom stereocenters. The molecule has 1 rings (SSSR count). The molecular formula is C30H50N4O5. The van der Waals surface area contributed by atoms with E-state index in [1.54, 1.807) is 20.8 Å². The van der Waals surface area contributed by atoms with Gasteiger partial charge in [-0.2, -0.15) is 0 Å². The van der Waals surface area contributed by atoms with Gasteiger partial charge in [0.05, 0.1) is 0 Å². The van der Waals surface area contributed by atoms with Gasteiger partial charge in [0, 0.05) is 19.0 Å². The number of rotatable bonds is 17. The average Bonchev–Trinajstić information content (AvgIpc) is 2.84. The van der Waals surface area contributed by atoms with E-state index in [4.69, 9.17) is 10.5 Å². The van der Waals surface area contributed by atoms with E-state index in [-0.39, 0.29) is 24.8 Å². The summed E-state index contributed by atoms with van der Waals surface area (Å²) in [6, 6.07) is 7.11. The molecule has 9 nitrogen and oxygen atoms in total. The fraction of sp³-hybridized carbons (Fsp3) is 0.667. The van der Waals surface area contributed by atoms with E-state index in [9.17, 15) is 19.2 Å². The number of nitrogens with two attached hydrogens (primary N) is 1. The van der Waals surface area contributed by atoms with E-state index >= 15 is 0 Å². The van der Waals surface area contributed by atoms with Crippen LogP contribution in [0, 0.1) is 0 Å². The lowest BCUT2D eigenvalue weighted by Gasteiger charge is -2.35. The van der Waals surface area contributed by atoms with E-state index in [2.05, 4.69) is 24.5 Å². The summed E-state index contributed by atoms with van der Waals surface area (Å²) in [5.41, 5.74) is 5.28. The minimum Gasteiger partial charge on any atom is -0.444 e. The van der Waals surface area contributed by atoms with Crippen molar-refractivity contribution in [2.45, 2.75) is 123 Å². The molecule has 4 N–H and O–H groups in total. The lowest BCUT2D eigenvalue weighted by atomic mass is 10.00. The van der Waals surface area contributed by atoms with Crippen LogP contribution in [0.2, 0.25) is 0 Å². The van der Waals surface area contributed by atoms with Crippen LogP contribution in [-0.4, -0.2) is 52.9 Å². The Labute approximate surface area is 234 Å². The fourth-order valence-electron chi connectivity index (χ4n) is 4.38. The standard InChI is InChI=1S/C30H50N4O5/c1-7-9-10-11-15-21-34(26(23-17-13-12-14-18-23)27(36)32-22(3)16-8-2)28(37)24(19-20-25(31)35)33-29(38)39-30(4,5)6/h12-14,17-18,22,24,26H,7-11,15-16,19-21H2,1-6H3,(H2,31,35)(H,32,36)(H,33,38). The summed E-state index contributed by atoms with van der Waals surface area (Å²) in [4.78, 5) is 53.7. The Kier molecular flexibility index (Phi) is 15.2. The third kappa shape index (κ3) is 13.5. The van der Waals surface area contributed by atoms with Gasteiger partial charge in [-0.1, -0.05) is 76.3 Å². The molecule has 220 valence electrons. The minimum absolute atomic E-state index is 0.00485. The number of nitrogens with zero attached hydrogens (tertiary/aromatic N) is 1. The molecule has 0 aliphatic carbocycles. The van der Waals surface area contributed by atoms with Crippen molar-refractivity contribution in [3.05, 3.63) is 35.9 Å². The molecule has 0 saturated carbocycles. The number of hydrogen-bond acceptors (Lipinski definition) is 5. The maximum Gasteiger partial charge on any atom is 0.408 e. The summed E-state index contributed by atoms with van der Waals surface area (Å²) in [5, 5.41) is 5.70. The van der Waals surface area contributed by atoms with Crippen molar-refractivity contribution in [3.63, 3.8) is 0 Å². The van der Waals surface area contributed by atoms with Crippen LogP contribution in [0.4, 0.5) is 4.79 Å². The van der Waals surface area contributed by atoms with Crippen LogP contribution in [0.25, 0.3) is 0 Å². The molecule has 39 heavy (non-hydrogen) atoms. The van der Waals surface area contributed by atoms with Gasteiger partial charge in [-0.15, -0.1) is 0 Å². The maximum atomic E-state index is 14.1. The monoisotopic (exact) mass is 546 g/mol. The molecule has 4 amide bonds. The Morgan fingerprint density at radius 3 is 2.13 bits per heavy atom. The van der Waals surface area contributed by atoms with E-state index in [1.807, 2.05) is 37.3 Å². The van der Waals surface area contributed by atoms with Gasteiger partial charge in [-0.25, -0.2) is 4.79 Å². The Balaban J connectivity index is 3.43. The summed E-state index contributed by atoms with van der Waals surface area (Å²) < 4.78 is 5.39. The number of hydrogen-bond donors (Lipinski definition) is 3. The highest BCUT2D eigenvalue weighted by Crippen LogP contribution is 2.25. The molecule has 1 aromatic carbocycles. The Bertz CT molecular complexity index is 900. The average molecular weight is 547 g/mol. The first kappa shape index (κ1) is 33.9. The fourth-order valence-corrected chi connectivity index (χ4v) is 4.38. The predicted molar refractivity (Wildman–Crippen MR) is 154 cm³/mol. The van der Waals surface area contributed by atoms with Crippen LogP contribution in [0.5, 0.6) is 0 Å². The van der Waals surface area contributed by atoms with Gasteiger partial charge in [0.25, 0.3) is 0 Å². The van der Waals surface area contributed by atoms with Crippen molar-refractivity contribution < 1.29 is 23.9 Å². The molecule has 3 unspecified atom stereocenters. The van der Waals surface area contributed by atoms with Crippen LogP contribution in [-0.2, 0) is 19.1 Å². The van der Waals surface area contributed by atoms with Crippen LogP contribution < -0.4 is 16.4 Å². The van der Waals surface area contributed by atoms with E-state index < -0.39 is 35.6 Å². The molecule has 0 heterocycles. The number of nitrogens with one attached hydrogen (secondary N) is 2. The van der Waals surface area contributed by atoms with E-state index in [1.165, 1.54) is 4.90 Å². The van der Waals surface area contributed by atoms with Crippen molar-refractivity contribution in [1.82, 2.24) is 15.5 Å². The number of ether oxygens (including phenoxy) is 1. The number of alkyl carbamates (subject to hydrolysis) is 1. The minimum atomic E-state index is -1.09. The van der Waals surface area contributed by atoms with Crippen LogP contribution in [0.15, 0.2) is 30.3 Å². The van der Waals surface area contributed by atoms with Crippen molar-refractivity contribution in [1.29, 1.82) is 0 Å². The van der Waals surface area contributed by atoms with Gasteiger partial charge < -0.3 is 26.0 Å². The van der Waals surface area contributed by atoms with Gasteiger partial charge in [-0.3, -0.25) is 14.4 Å². The van der Waals surface area contributed by atoms with Crippen LogP contribution >= 0.6 is 0 Å². The van der Waals surface area contributed by atoms with Crippen molar-refractivity contribution in [2.75, 3.05) is 6.54 Å². The molecule has 0 fully saturated rings. The summed E-state index contributed by atoms with van der Waals surface area (Å²) in [6.45, 7) is 11.6. The smallest absolute Gasteiger partial charge is 0.408 e. The predicted octanol–water partition coefficient (Wildman–Crippen LogP) is 4.99. The Hall–Kier alpha value is -3.10. The van der Waals surface area contributed by atoms with Crippen molar-refractivity contribution in [3.8, 4) is 0 Å². The van der Waals surface area contributed by atoms with E-state index in [0.29, 0.717) is 18.5 Å². The molecule has 0 bridgehead atoms. The SMILES string of the molecule is CCCCCCCN(C(=O)C(CCC(N)=O)NC(=O)OC(C)(C)C)C(C(=O)NC(C)CCC)c1ccccc1. The molecule has 0 radical (unpaired) electrons. The van der Waals surface area contributed by atoms with Crippen LogP contribution in [0.3, 0.4) is 0 Å². The third-order valence-electron chi connectivity index (χ3n) is 6.24. The summed E-state index contributed by atoms with van der Waals surface area (Å²) in [7, 11) is 0. The zero-order chi connectivity index (χ0) is 29.4.